The Hall–Kier alpha value is -3.59. The van der Waals surface area contributed by atoms with E-state index in [1.807, 2.05) is 50.2 Å². The van der Waals surface area contributed by atoms with E-state index < -0.39 is 23.3 Å². The molecular weight excluding hydrogens is 486 g/mol. The van der Waals surface area contributed by atoms with Gasteiger partial charge >= 0.3 is 6.03 Å². The first-order valence-corrected chi connectivity index (χ1v) is 12.9. The van der Waals surface area contributed by atoms with E-state index in [0.29, 0.717) is 23.8 Å². The third-order valence-corrected chi connectivity index (χ3v) is 7.59. The Balaban J connectivity index is 1.71. The van der Waals surface area contributed by atoms with Crippen LogP contribution in [0, 0.1) is 5.41 Å². The van der Waals surface area contributed by atoms with Gasteiger partial charge in [0.25, 0.3) is 0 Å². The van der Waals surface area contributed by atoms with Crippen LogP contribution in [0.25, 0.3) is 0 Å². The third kappa shape index (κ3) is 4.82. The van der Waals surface area contributed by atoms with E-state index in [0.717, 1.165) is 32.9 Å². The number of nitrogens with zero attached hydrogens (tertiary/aromatic N) is 3. The SMILES string of the molecule is COc1cc2c(cc1OC)[C@H](C)N(CC1(Cc3ccc(OC(C)C)cc3)C(=O)N(C)C(=O)N(C)C1=O)CC2. The van der Waals surface area contributed by atoms with Crippen molar-refractivity contribution in [1.29, 1.82) is 0 Å². The minimum absolute atomic E-state index is 0.0315. The molecule has 4 rings (SSSR count). The molecule has 0 spiro atoms. The van der Waals surface area contributed by atoms with Crippen molar-refractivity contribution in [2.24, 2.45) is 5.41 Å². The second-order valence-electron chi connectivity index (χ2n) is 10.4. The van der Waals surface area contributed by atoms with Gasteiger partial charge in [0.05, 0.1) is 20.3 Å². The Labute approximate surface area is 224 Å². The van der Waals surface area contributed by atoms with Gasteiger partial charge in [0, 0.05) is 33.2 Å². The molecule has 4 amide bonds. The zero-order valence-corrected chi connectivity index (χ0v) is 23.2. The van der Waals surface area contributed by atoms with Crippen molar-refractivity contribution in [1.82, 2.24) is 14.7 Å². The van der Waals surface area contributed by atoms with Gasteiger partial charge in [-0.05, 0) is 74.6 Å². The summed E-state index contributed by atoms with van der Waals surface area (Å²) in [6.07, 6.45) is 0.921. The van der Waals surface area contributed by atoms with E-state index in [1.54, 1.807) is 14.2 Å². The summed E-state index contributed by atoms with van der Waals surface area (Å²) < 4.78 is 16.8. The number of hydrogen-bond acceptors (Lipinski definition) is 7. The maximum absolute atomic E-state index is 13.8. The molecule has 9 heteroatoms. The molecule has 9 nitrogen and oxygen atoms in total. The van der Waals surface area contributed by atoms with Gasteiger partial charge in [-0.1, -0.05) is 12.1 Å². The Morgan fingerprint density at radius 1 is 0.947 bits per heavy atom. The van der Waals surface area contributed by atoms with Gasteiger partial charge in [0.1, 0.15) is 11.2 Å². The first kappa shape index (κ1) is 27.4. The second kappa shape index (κ2) is 10.6. The number of carbonyl (C=O) groups excluding carboxylic acids is 3. The normalized spacial score (nSPS) is 19.6. The van der Waals surface area contributed by atoms with Crippen LogP contribution in [0.4, 0.5) is 4.79 Å². The molecule has 2 heterocycles. The lowest BCUT2D eigenvalue weighted by atomic mass is 9.76. The van der Waals surface area contributed by atoms with E-state index in [1.165, 1.54) is 14.1 Å². The molecule has 38 heavy (non-hydrogen) atoms. The van der Waals surface area contributed by atoms with Crippen molar-refractivity contribution in [3.8, 4) is 17.2 Å². The molecule has 2 aromatic carbocycles. The summed E-state index contributed by atoms with van der Waals surface area (Å²) in [5.41, 5.74) is 1.57. The smallest absolute Gasteiger partial charge is 0.332 e. The van der Waals surface area contributed by atoms with E-state index >= 15 is 0 Å². The standard InChI is InChI=1S/C29H37N3O6/c1-18(2)38-22-10-8-20(9-11-22)16-29(26(33)30(4)28(35)31(5)27(29)34)17-32-13-12-21-14-24(36-6)25(37-7)15-23(21)19(32)3/h8-11,14-15,18-19H,12-13,16-17H2,1-7H3/t19-/m0/s1. The molecule has 0 aliphatic carbocycles. The van der Waals surface area contributed by atoms with Crippen LogP contribution in [0.3, 0.4) is 0 Å². The van der Waals surface area contributed by atoms with Gasteiger partial charge in [0.15, 0.2) is 11.5 Å². The van der Waals surface area contributed by atoms with Gasteiger partial charge in [-0.25, -0.2) is 4.79 Å². The van der Waals surface area contributed by atoms with Crippen LogP contribution in [-0.2, 0) is 22.4 Å². The molecular formula is C29H37N3O6. The second-order valence-corrected chi connectivity index (χ2v) is 10.4. The highest BCUT2D eigenvalue weighted by molar-refractivity contribution is 6.19. The van der Waals surface area contributed by atoms with E-state index in [9.17, 15) is 14.4 Å². The molecule has 0 saturated carbocycles. The van der Waals surface area contributed by atoms with E-state index in [4.69, 9.17) is 14.2 Å². The number of benzene rings is 2. The first-order valence-electron chi connectivity index (χ1n) is 12.9. The van der Waals surface area contributed by atoms with E-state index in [2.05, 4.69) is 11.8 Å². The van der Waals surface area contributed by atoms with Crippen molar-refractivity contribution in [3.63, 3.8) is 0 Å². The lowest BCUT2D eigenvalue weighted by Crippen LogP contribution is -2.67. The van der Waals surface area contributed by atoms with Crippen molar-refractivity contribution < 1.29 is 28.6 Å². The molecule has 2 aromatic rings. The number of urea groups is 1. The number of barbiturate groups is 1. The molecule has 0 radical (unpaired) electrons. The molecule has 0 unspecified atom stereocenters. The van der Waals surface area contributed by atoms with Crippen LogP contribution in [0.5, 0.6) is 17.2 Å². The highest BCUT2D eigenvalue weighted by atomic mass is 16.5. The minimum atomic E-state index is -1.46. The van der Waals surface area contributed by atoms with E-state index in [-0.39, 0.29) is 25.1 Å². The van der Waals surface area contributed by atoms with Crippen molar-refractivity contribution in [3.05, 3.63) is 53.1 Å². The molecule has 0 bridgehead atoms. The van der Waals surface area contributed by atoms with Crippen molar-refractivity contribution in [2.45, 2.75) is 45.8 Å². The molecule has 2 aliphatic heterocycles. The van der Waals surface area contributed by atoms with Crippen LogP contribution in [0.2, 0.25) is 0 Å². The van der Waals surface area contributed by atoms with Crippen LogP contribution in [0.1, 0.15) is 43.5 Å². The average Bonchev–Trinajstić information content (AvgIpc) is 2.91. The quantitative estimate of drug-likeness (QED) is 0.488. The monoisotopic (exact) mass is 523 g/mol. The Kier molecular flexibility index (Phi) is 7.69. The van der Waals surface area contributed by atoms with Crippen LogP contribution >= 0.6 is 0 Å². The molecule has 204 valence electrons. The van der Waals surface area contributed by atoms with Gasteiger partial charge in [-0.2, -0.15) is 0 Å². The Bertz CT molecular complexity index is 1200. The van der Waals surface area contributed by atoms with Crippen LogP contribution < -0.4 is 14.2 Å². The summed E-state index contributed by atoms with van der Waals surface area (Å²) >= 11 is 0. The van der Waals surface area contributed by atoms with Crippen molar-refractivity contribution in [2.75, 3.05) is 41.4 Å². The summed E-state index contributed by atoms with van der Waals surface area (Å²) in [5.74, 6) is 1.05. The number of rotatable bonds is 8. The molecule has 2 aliphatic rings. The predicted molar refractivity (Wildman–Crippen MR) is 143 cm³/mol. The Morgan fingerprint density at radius 2 is 1.53 bits per heavy atom. The molecule has 1 atom stereocenters. The van der Waals surface area contributed by atoms with Gasteiger partial charge in [-0.15, -0.1) is 0 Å². The van der Waals surface area contributed by atoms with Crippen molar-refractivity contribution >= 4 is 17.8 Å². The fourth-order valence-electron chi connectivity index (χ4n) is 5.54. The highest BCUT2D eigenvalue weighted by Crippen LogP contribution is 2.41. The summed E-state index contributed by atoms with van der Waals surface area (Å²) in [4.78, 5) is 44.5. The van der Waals surface area contributed by atoms with Gasteiger partial charge < -0.3 is 14.2 Å². The number of methoxy groups -OCH3 is 2. The maximum atomic E-state index is 13.8. The number of imide groups is 2. The lowest BCUT2D eigenvalue weighted by Gasteiger charge is -2.46. The topological polar surface area (TPSA) is 88.6 Å². The molecule has 0 N–H and O–H groups in total. The molecule has 1 saturated heterocycles. The minimum Gasteiger partial charge on any atom is -0.493 e. The van der Waals surface area contributed by atoms with Gasteiger partial charge in [-0.3, -0.25) is 24.3 Å². The summed E-state index contributed by atoms with van der Waals surface area (Å²) in [7, 11) is 6.09. The predicted octanol–water partition coefficient (Wildman–Crippen LogP) is 3.69. The Morgan fingerprint density at radius 3 is 2.08 bits per heavy atom. The van der Waals surface area contributed by atoms with Crippen LogP contribution in [0.15, 0.2) is 36.4 Å². The number of hydrogen-bond donors (Lipinski definition) is 0. The number of ether oxygens (including phenoxy) is 3. The third-order valence-electron chi connectivity index (χ3n) is 7.59. The molecule has 1 fully saturated rings. The van der Waals surface area contributed by atoms with Crippen LogP contribution in [-0.4, -0.2) is 80.1 Å². The maximum Gasteiger partial charge on any atom is 0.332 e. The average molecular weight is 524 g/mol. The highest BCUT2D eigenvalue weighted by Gasteiger charge is 2.56. The number of carbonyl (C=O) groups is 3. The molecule has 0 aromatic heterocycles. The first-order chi connectivity index (χ1) is 18.0. The lowest BCUT2D eigenvalue weighted by molar-refractivity contribution is -0.159. The summed E-state index contributed by atoms with van der Waals surface area (Å²) in [5, 5.41) is 0. The number of fused-ring (bicyclic) bond motifs is 1. The number of amides is 4. The fourth-order valence-corrected chi connectivity index (χ4v) is 5.54. The summed E-state index contributed by atoms with van der Waals surface area (Å²) in [6.45, 7) is 6.79. The summed E-state index contributed by atoms with van der Waals surface area (Å²) in [6, 6.07) is 10.7. The fraction of sp³-hybridized carbons (Fsp3) is 0.483. The zero-order valence-electron chi connectivity index (χ0n) is 23.2. The largest absolute Gasteiger partial charge is 0.493 e. The van der Waals surface area contributed by atoms with Gasteiger partial charge in [0.2, 0.25) is 11.8 Å². The zero-order chi connectivity index (χ0) is 27.8.